The molecule has 0 radical (unpaired) electrons. The van der Waals surface area contributed by atoms with Crippen LogP contribution in [0.1, 0.15) is 40.6 Å². The summed E-state index contributed by atoms with van der Waals surface area (Å²) in [7, 11) is 0. The number of alkyl halides is 3. The Kier molecular flexibility index (Phi) is 5.48. The van der Waals surface area contributed by atoms with Crippen LogP contribution in [0.2, 0.25) is 0 Å². The molecule has 2 aliphatic rings. The van der Waals surface area contributed by atoms with Crippen molar-refractivity contribution in [2.24, 2.45) is 5.10 Å². The second-order valence-corrected chi connectivity index (χ2v) is 8.60. The molecule has 0 spiro atoms. The van der Waals surface area contributed by atoms with E-state index in [-0.39, 0.29) is 5.91 Å². The van der Waals surface area contributed by atoms with Gasteiger partial charge in [-0.3, -0.25) is 20.0 Å². The second kappa shape index (κ2) is 7.91. The molecular formula is C19H19F3N4OS2. The average molecular weight is 441 g/mol. The van der Waals surface area contributed by atoms with Gasteiger partial charge in [-0.05, 0) is 29.5 Å². The number of rotatable bonds is 5. The van der Waals surface area contributed by atoms with Crippen LogP contribution in [0.5, 0.6) is 0 Å². The maximum absolute atomic E-state index is 13.0. The fraction of sp³-hybridized carbons (Fsp3) is 0.368. The van der Waals surface area contributed by atoms with Gasteiger partial charge in [-0.15, -0.1) is 11.3 Å². The largest absolute Gasteiger partial charge is 0.416 e. The van der Waals surface area contributed by atoms with Gasteiger partial charge in [0.1, 0.15) is 4.88 Å². The predicted molar refractivity (Wildman–Crippen MR) is 110 cm³/mol. The van der Waals surface area contributed by atoms with E-state index in [1.54, 1.807) is 11.0 Å². The van der Waals surface area contributed by atoms with Crippen molar-refractivity contribution in [1.29, 1.82) is 0 Å². The Labute approximate surface area is 174 Å². The number of hydrogen-bond donors (Lipinski definition) is 1. The number of carbonyl (C=O) groups is 1. The van der Waals surface area contributed by atoms with Gasteiger partial charge < -0.3 is 0 Å². The zero-order valence-electron chi connectivity index (χ0n) is 15.6. The Morgan fingerprint density at radius 1 is 1.31 bits per heavy atom. The molecule has 154 valence electrons. The molecule has 0 bridgehead atoms. The standard InChI is InChI=1S/C19H19F3N4OS2/c1-2-3-8-25-16(27)15-14(7-9-28-15)26-17(25)23-24-18(26)29-11-12-5-4-6-13(10-12)19(20,21)22/h4-7,9-10,17,23H,2-3,8,11H2,1H3. The lowest BCUT2D eigenvalue weighted by Gasteiger charge is -2.39. The van der Waals surface area contributed by atoms with E-state index in [1.165, 1.54) is 29.2 Å². The molecule has 1 N–H and O–H groups in total. The van der Waals surface area contributed by atoms with Gasteiger partial charge in [-0.25, -0.2) is 0 Å². The van der Waals surface area contributed by atoms with Gasteiger partial charge in [0.05, 0.1) is 11.3 Å². The third-order valence-corrected chi connectivity index (χ3v) is 6.67. The van der Waals surface area contributed by atoms with Crippen LogP contribution < -0.4 is 10.3 Å². The van der Waals surface area contributed by atoms with E-state index < -0.39 is 18.0 Å². The monoisotopic (exact) mass is 440 g/mol. The van der Waals surface area contributed by atoms with E-state index in [0.717, 1.165) is 30.7 Å². The number of benzene rings is 1. The smallest absolute Gasteiger partial charge is 0.298 e. The second-order valence-electron chi connectivity index (χ2n) is 6.74. The van der Waals surface area contributed by atoms with E-state index in [4.69, 9.17) is 0 Å². The summed E-state index contributed by atoms with van der Waals surface area (Å²) in [6.07, 6.45) is -2.92. The minimum atomic E-state index is -4.36. The summed E-state index contributed by atoms with van der Waals surface area (Å²) < 4.78 is 38.9. The molecule has 0 aliphatic carbocycles. The van der Waals surface area contributed by atoms with E-state index in [0.29, 0.717) is 27.9 Å². The Hall–Kier alpha value is -2.20. The number of thioether (sulfide) groups is 1. The number of hydrogen-bond acceptors (Lipinski definition) is 6. The topological polar surface area (TPSA) is 47.9 Å². The van der Waals surface area contributed by atoms with Crippen LogP contribution in [0.3, 0.4) is 0 Å². The summed E-state index contributed by atoms with van der Waals surface area (Å²) in [5, 5.41) is 6.89. The molecule has 29 heavy (non-hydrogen) atoms. The number of carbonyl (C=O) groups excluding carboxylic acids is 1. The Balaban J connectivity index is 1.54. The number of fused-ring (bicyclic) bond motifs is 3. The summed E-state index contributed by atoms with van der Waals surface area (Å²) in [5.41, 5.74) is 3.72. The van der Waals surface area contributed by atoms with Crippen molar-refractivity contribution in [2.75, 3.05) is 11.4 Å². The van der Waals surface area contributed by atoms with Crippen molar-refractivity contribution < 1.29 is 18.0 Å². The van der Waals surface area contributed by atoms with Crippen LogP contribution >= 0.6 is 23.1 Å². The molecule has 1 aromatic heterocycles. The highest BCUT2D eigenvalue weighted by molar-refractivity contribution is 8.13. The van der Waals surface area contributed by atoms with E-state index in [9.17, 15) is 18.0 Å². The van der Waals surface area contributed by atoms with Crippen molar-refractivity contribution >= 4 is 39.9 Å². The number of amides is 1. The molecular weight excluding hydrogens is 421 g/mol. The maximum Gasteiger partial charge on any atom is 0.416 e. The Bertz CT molecular complexity index is 944. The van der Waals surface area contributed by atoms with Gasteiger partial charge in [-0.1, -0.05) is 43.3 Å². The zero-order valence-corrected chi connectivity index (χ0v) is 17.2. The fourth-order valence-electron chi connectivity index (χ4n) is 3.31. The number of nitrogens with one attached hydrogen (secondary N) is 1. The quantitative estimate of drug-likeness (QED) is 0.717. The molecule has 1 aromatic carbocycles. The van der Waals surface area contributed by atoms with Crippen LogP contribution in [0, 0.1) is 0 Å². The van der Waals surface area contributed by atoms with Gasteiger partial charge in [0.2, 0.25) is 6.29 Å². The fourth-order valence-corrected chi connectivity index (χ4v) is 5.07. The number of anilines is 1. The van der Waals surface area contributed by atoms with Crippen molar-refractivity contribution in [3.8, 4) is 0 Å². The Morgan fingerprint density at radius 2 is 2.14 bits per heavy atom. The van der Waals surface area contributed by atoms with Gasteiger partial charge in [0.15, 0.2) is 5.17 Å². The van der Waals surface area contributed by atoms with Crippen molar-refractivity contribution in [3.63, 3.8) is 0 Å². The first kappa shape index (κ1) is 20.1. The lowest BCUT2D eigenvalue weighted by atomic mass is 10.1. The molecule has 5 nitrogen and oxygen atoms in total. The first-order valence-electron chi connectivity index (χ1n) is 9.20. The first-order valence-corrected chi connectivity index (χ1v) is 11.1. The predicted octanol–water partition coefficient (Wildman–Crippen LogP) is 4.92. The number of amidine groups is 1. The lowest BCUT2D eigenvalue weighted by molar-refractivity contribution is -0.137. The highest BCUT2D eigenvalue weighted by Crippen LogP contribution is 2.39. The summed E-state index contributed by atoms with van der Waals surface area (Å²) in [6, 6.07) is 7.20. The molecule has 1 unspecified atom stereocenters. The molecule has 1 atom stereocenters. The summed E-state index contributed by atoms with van der Waals surface area (Å²) in [5.74, 6) is 0.326. The third-order valence-electron chi connectivity index (χ3n) is 4.76. The van der Waals surface area contributed by atoms with Crippen molar-refractivity contribution in [3.05, 3.63) is 51.7 Å². The highest BCUT2D eigenvalue weighted by atomic mass is 32.2. The van der Waals surface area contributed by atoms with E-state index in [1.807, 2.05) is 16.3 Å². The van der Waals surface area contributed by atoms with Crippen LogP contribution in [-0.2, 0) is 11.9 Å². The summed E-state index contributed by atoms with van der Waals surface area (Å²) >= 11 is 2.74. The number of hydrazone groups is 1. The molecule has 3 heterocycles. The molecule has 10 heteroatoms. The molecule has 0 fully saturated rings. The summed E-state index contributed by atoms with van der Waals surface area (Å²) in [6.45, 7) is 2.68. The van der Waals surface area contributed by atoms with Crippen LogP contribution in [0.15, 0.2) is 40.8 Å². The molecule has 4 rings (SSSR count). The number of halogens is 3. The maximum atomic E-state index is 13.0. The minimum absolute atomic E-state index is 0.0171. The molecule has 0 saturated carbocycles. The summed E-state index contributed by atoms with van der Waals surface area (Å²) in [4.78, 5) is 17.2. The Morgan fingerprint density at radius 3 is 2.90 bits per heavy atom. The van der Waals surface area contributed by atoms with Crippen LogP contribution in [0.4, 0.5) is 18.9 Å². The van der Waals surface area contributed by atoms with Crippen LogP contribution in [0.25, 0.3) is 0 Å². The van der Waals surface area contributed by atoms with E-state index in [2.05, 4.69) is 17.5 Å². The molecule has 1 amide bonds. The normalized spacial score (nSPS) is 18.4. The number of nitrogens with zero attached hydrogens (tertiary/aromatic N) is 3. The van der Waals surface area contributed by atoms with E-state index >= 15 is 0 Å². The van der Waals surface area contributed by atoms with Crippen LogP contribution in [-0.4, -0.2) is 28.8 Å². The zero-order chi connectivity index (χ0) is 20.6. The third kappa shape index (κ3) is 3.83. The van der Waals surface area contributed by atoms with Crippen molar-refractivity contribution in [2.45, 2.75) is 38.0 Å². The van der Waals surface area contributed by atoms with Gasteiger partial charge >= 0.3 is 6.18 Å². The van der Waals surface area contributed by atoms with Gasteiger partial charge in [0.25, 0.3) is 5.91 Å². The molecule has 2 aliphatic heterocycles. The molecule has 2 aromatic rings. The molecule has 0 saturated heterocycles. The van der Waals surface area contributed by atoms with Gasteiger partial charge in [0, 0.05) is 12.3 Å². The SMILES string of the molecule is CCCCN1C(=O)c2sccc2N2C(SCc3cccc(C(F)(F)F)c3)=NNC12. The number of unbranched alkanes of at least 4 members (excludes halogenated alkanes) is 1. The number of thiophene rings is 1. The van der Waals surface area contributed by atoms with Gasteiger partial charge in [-0.2, -0.15) is 18.3 Å². The average Bonchev–Trinajstić information content (AvgIpc) is 3.33. The minimum Gasteiger partial charge on any atom is -0.298 e. The lowest BCUT2D eigenvalue weighted by Crippen LogP contribution is -2.58. The van der Waals surface area contributed by atoms with Crippen molar-refractivity contribution in [1.82, 2.24) is 10.3 Å². The highest BCUT2D eigenvalue weighted by Gasteiger charge is 2.43. The first-order chi connectivity index (χ1) is 13.9.